The summed E-state index contributed by atoms with van der Waals surface area (Å²) >= 11 is 0. The second kappa shape index (κ2) is 5.85. The minimum absolute atomic E-state index is 0.186. The number of ketones is 1. The van der Waals surface area contributed by atoms with Crippen LogP contribution >= 0.6 is 0 Å². The van der Waals surface area contributed by atoms with E-state index in [9.17, 15) is 4.79 Å². The molecule has 0 radical (unpaired) electrons. The first-order valence-electron chi connectivity index (χ1n) is 8.13. The van der Waals surface area contributed by atoms with Crippen LogP contribution in [0.15, 0.2) is 72.3 Å². The summed E-state index contributed by atoms with van der Waals surface area (Å²) in [6.45, 7) is 0. The molecule has 0 heterocycles. The Labute approximate surface area is 136 Å². The number of fused-ring (bicyclic) bond motifs is 2. The zero-order valence-electron chi connectivity index (χ0n) is 13.0. The minimum Gasteiger partial charge on any atom is -0.289 e. The topological polar surface area (TPSA) is 17.1 Å². The van der Waals surface area contributed by atoms with Gasteiger partial charge in [-0.2, -0.15) is 0 Å². The summed E-state index contributed by atoms with van der Waals surface area (Å²) in [4.78, 5) is 12.8. The lowest BCUT2D eigenvalue weighted by Gasteiger charge is -2.06. The molecule has 0 aromatic heterocycles. The summed E-state index contributed by atoms with van der Waals surface area (Å²) in [5.74, 6) is 0.186. The van der Waals surface area contributed by atoms with Crippen molar-refractivity contribution in [3.8, 4) is 0 Å². The van der Waals surface area contributed by atoms with Crippen LogP contribution in [0.2, 0.25) is 0 Å². The Morgan fingerprint density at radius 3 is 2.48 bits per heavy atom. The van der Waals surface area contributed by atoms with Gasteiger partial charge in [0.15, 0.2) is 5.78 Å². The molecule has 0 unspecified atom stereocenters. The van der Waals surface area contributed by atoms with Crippen molar-refractivity contribution >= 4 is 22.6 Å². The van der Waals surface area contributed by atoms with Crippen molar-refractivity contribution in [3.05, 3.63) is 89.0 Å². The molecule has 0 fully saturated rings. The monoisotopic (exact) mass is 298 g/mol. The molecular formula is C22H18O. The summed E-state index contributed by atoms with van der Waals surface area (Å²) in [6.07, 6.45) is 4.93. The molecule has 0 saturated heterocycles. The van der Waals surface area contributed by atoms with Gasteiger partial charge in [-0.05, 0) is 53.3 Å². The summed E-state index contributed by atoms with van der Waals surface area (Å²) in [7, 11) is 0. The Morgan fingerprint density at radius 2 is 1.57 bits per heavy atom. The van der Waals surface area contributed by atoms with E-state index in [1.807, 2.05) is 30.3 Å². The van der Waals surface area contributed by atoms with E-state index in [1.165, 1.54) is 16.3 Å². The van der Waals surface area contributed by atoms with Gasteiger partial charge in [0.1, 0.15) is 0 Å². The van der Waals surface area contributed by atoms with Crippen LogP contribution in [0.5, 0.6) is 0 Å². The van der Waals surface area contributed by atoms with Crippen molar-refractivity contribution < 1.29 is 4.79 Å². The minimum atomic E-state index is 0.186. The third kappa shape index (κ3) is 2.70. The fraction of sp³-hybridized carbons (Fsp3) is 0.136. The van der Waals surface area contributed by atoms with Crippen molar-refractivity contribution in [3.63, 3.8) is 0 Å². The molecule has 1 heteroatoms. The highest BCUT2D eigenvalue weighted by Gasteiger charge is 2.19. The molecule has 0 bridgehead atoms. The number of Topliss-reactive ketones (excluding diaryl/α,β-unsaturated/α-hetero) is 1. The normalized spacial score (nSPS) is 16.3. The Kier molecular flexibility index (Phi) is 3.55. The highest BCUT2D eigenvalue weighted by Crippen LogP contribution is 2.26. The average Bonchev–Trinajstić information content (AvgIpc) is 2.75. The fourth-order valence-corrected chi connectivity index (χ4v) is 3.35. The molecule has 1 aliphatic carbocycles. The van der Waals surface area contributed by atoms with Gasteiger partial charge in [0.2, 0.25) is 0 Å². The van der Waals surface area contributed by atoms with E-state index in [1.54, 1.807) is 0 Å². The van der Waals surface area contributed by atoms with Crippen molar-refractivity contribution in [2.75, 3.05) is 0 Å². The van der Waals surface area contributed by atoms with E-state index >= 15 is 0 Å². The third-order valence-electron chi connectivity index (χ3n) is 4.56. The maximum Gasteiger partial charge on any atom is 0.189 e. The number of carbonyl (C=O) groups excluding carboxylic acids is 1. The predicted molar refractivity (Wildman–Crippen MR) is 95.6 cm³/mol. The second-order valence-corrected chi connectivity index (χ2v) is 6.12. The van der Waals surface area contributed by atoms with E-state index < -0.39 is 0 Å². The average molecular weight is 298 g/mol. The lowest BCUT2D eigenvalue weighted by Crippen LogP contribution is -2.03. The third-order valence-corrected chi connectivity index (χ3v) is 4.56. The fourth-order valence-electron chi connectivity index (χ4n) is 3.35. The lowest BCUT2D eigenvalue weighted by molar-refractivity contribution is 0.103. The zero-order chi connectivity index (χ0) is 15.6. The summed E-state index contributed by atoms with van der Waals surface area (Å²) < 4.78 is 0. The first kappa shape index (κ1) is 14.0. The van der Waals surface area contributed by atoms with Crippen LogP contribution in [0, 0.1) is 0 Å². The quantitative estimate of drug-likeness (QED) is 0.432. The molecule has 3 aromatic carbocycles. The highest BCUT2D eigenvalue weighted by molar-refractivity contribution is 6.12. The van der Waals surface area contributed by atoms with Crippen LogP contribution in [-0.2, 0) is 6.42 Å². The molecule has 0 N–H and O–H groups in total. The summed E-state index contributed by atoms with van der Waals surface area (Å²) in [5, 5.41) is 2.44. The van der Waals surface area contributed by atoms with Gasteiger partial charge < -0.3 is 0 Å². The molecule has 0 spiro atoms. The van der Waals surface area contributed by atoms with E-state index in [2.05, 4.69) is 42.5 Å². The van der Waals surface area contributed by atoms with Gasteiger partial charge in [-0.25, -0.2) is 0 Å². The van der Waals surface area contributed by atoms with E-state index in [-0.39, 0.29) is 5.78 Å². The second-order valence-electron chi connectivity index (χ2n) is 6.12. The molecule has 23 heavy (non-hydrogen) atoms. The smallest absolute Gasteiger partial charge is 0.189 e. The van der Waals surface area contributed by atoms with E-state index in [0.29, 0.717) is 0 Å². The van der Waals surface area contributed by atoms with Crippen LogP contribution in [0.1, 0.15) is 34.3 Å². The van der Waals surface area contributed by atoms with Crippen LogP contribution in [-0.4, -0.2) is 5.78 Å². The highest BCUT2D eigenvalue weighted by atomic mass is 16.1. The molecule has 4 rings (SSSR count). The number of hydrogen-bond acceptors (Lipinski definition) is 1. The molecule has 0 amide bonds. The SMILES string of the molecule is O=C1/C(=C/c2ccc3ccccc3c2)CCCc2ccccc21. The lowest BCUT2D eigenvalue weighted by atomic mass is 9.98. The summed E-state index contributed by atoms with van der Waals surface area (Å²) in [6, 6.07) is 22.7. The number of aryl methyl sites for hydroxylation is 1. The molecular weight excluding hydrogens is 280 g/mol. The van der Waals surface area contributed by atoms with Gasteiger partial charge in [-0.15, -0.1) is 0 Å². The molecule has 0 aliphatic heterocycles. The molecule has 112 valence electrons. The largest absolute Gasteiger partial charge is 0.289 e. The van der Waals surface area contributed by atoms with Crippen LogP contribution in [0.3, 0.4) is 0 Å². The molecule has 1 nitrogen and oxygen atoms in total. The zero-order valence-corrected chi connectivity index (χ0v) is 13.0. The van der Waals surface area contributed by atoms with Crippen LogP contribution in [0.25, 0.3) is 16.8 Å². The van der Waals surface area contributed by atoms with Crippen molar-refractivity contribution in [2.24, 2.45) is 0 Å². The van der Waals surface area contributed by atoms with Crippen molar-refractivity contribution in [2.45, 2.75) is 19.3 Å². The van der Waals surface area contributed by atoms with Gasteiger partial charge in [-0.1, -0.05) is 60.7 Å². The molecule has 1 aliphatic rings. The van der Waals surface area contributed by atoms with Gasteiger partial charge >= 0.3 is 0 Å². The van der Waals surface area contributed by atoms with Crippen LogP contribution < -0.4 is 0 Å². The van der Waals surface area contributed by atoms with E-state index in [0.717, 1.165) is 36.0 Å². The maximum absolute atomic E-state index is 12.8. The maximum atomic E-state index is 12.8. The Hall–Kier alpha value is -2.67. The Bertz CT molecular complexity index is 918. The van der Waals surface area contributed by atoms with Crippen LogP contribution in [0.4, 0.5) is 0 Å². The summed E-state index contributed by atoms with van der Waals surface area (Å²) in [5.41, 5.74) is 4.08. The van der Waals surface area contributed by atoms with E-state index in [4.69, 9.17) is 0 Å². The molecule has 0 saturated carbocycles. The number of rotatable bonds is 1. The van der Waals surface area contributed by atoms with Gasteiger partial charge in [-0.3, -0.25) is 4.79 Å². The Morgan fingerprint density at radius 1 is 0.783 bits per heavy atom. The first-order valence-corrected chi connectivity index (χ1v) is 8.13. The number of allylic oxidation sites excluding steroid dienone is 1. The van der Waals surface area contributed by atoms with Crippen molar-refractivity contribution in [1.29, 1.82) is 0 Å². The Balaban J connectivity index is 1.76. The van der Waals surface area contributed by atoms with Gasteiger partial charge in [0.05, 0.1) is 0 Å². The van der Waals surface area contributed by atoms with Crippen molar-refractivity contribution in [1.82, 2.24) is 0 Å². The number of hydrogen-bond donors (Lipinski definition) is 0. The predicted octanol–water partition coefficient (Wildman–Crippen LogP) is 5.44. The first-order chi connectivity index (χ1) is 11.3. The number of benzene rings is 3. The standard InChI is InChI=1S/C22H18O/c23-22-20(10-5-9-18-7-3-4-11-21(18)22)15-16-12-13-17-6-1-2-8-19(17)14-16/h1-4,6-8,11-15H,5,9-10H2/b20-15+. The molecule has 3 aromatic rings. The number of carbonyl (C=O) groups is 1. The molecule has 0 atom stereocenters. The van der Waals surface area contributed by atoms with Gasteiger partial charge in [0.25, 0.3) is 0 Å². The van der Waals surface area contributed by atoms with Gasteiger partial charge in [0, 0.05) is 11.1 Å².